The molecule has 1 amide bonds. The number of rotatable bonds is 4. The van der Waals surface area contributed by atoms with Gasteiger partial charge < -0.3 is 9.64 Å². The highest BCUT2D eigenvalue weighted by Gasteiger charge is 2.45. The number of hydrogen-bond acceptors (Lipinski definition) is 4. The highest BCUT2D eigenvalue weighted by atomic mass is 16.5. The minimum atomic E-state index is 0.106. The number of methoxy groups -OCH3 is 1. The molecule has 0 spiro atoms. The zero-order valence-electron chi connectivity index (χ0n) is 14.3. The molecular weight excluding hydrogens is 290 g/mol. The molecule has 23 heavy (non-hydrogen) atoms. The lowest BCUT2D eigenvalue weighted by Gasteiger charge is -2.54. The van der Waals surface area contributed by atoms with Crippen LogP contribution in [0.1, 0.15) is 37.0 Å². The van der Waals surface area contributed by atoms with E-state index in [-0.39, 0.29) is 5.91 Å². The van der Waals surface area contributed by atoms with Gasteiger partial charge >= 0.3 is 0 Å². The molecule has 2 saturated heterocycles. The zero-order chi connectivity index (χ0) is 16.4. The van der Waals surface area contributed by atoms with E-state index in [2.05, 4.69) is 23.7 Å². The first-order chi connectivity index (χ1) is 11.1. The maximum atomic E-state index is 12.5. The Morgan fingerprint density at radius 1 is 1.35 bits per heavy atom. The predicted octanol–water partition coefficient (Wildman–Crippen LogP) is 2.04. The third-order valence-corrected chi connectivity index (χ3v) is 5.34. The van der Waals surface area contributed by atoms with E-state index in [1.807, 2.05) is 24.1 Å². The van der Waals surface area contributed by atoms with Crippen molar-refractivity contribution in [3.8, 4) is 0 Å². The number of pyridine rings is 1. The van der Waals surface area contributed by atoms with E-state index in [0.29, 0.717) is 29.7 Å². The summed E-state index contributed by atoms with van der Waals surface area (Å²) in [5.41, 5.74) is 0.688. The van der Waals surface area contributed by atoms with Crippen molar-refractivity contribution in [2.24, 2.45) is 5.92 Å². The predicted molar refractivity (Wildman–Crippen MR) is 89.3 cm³/mol. The van der Waals surface area contributed by atoms with Gasteiger partial charge in [-0.25, -0.2) is 0 Å². The van der Waals surface area contributed by atoms with Crippen LogP contribution in [-0.2, 0) is 4.74 Å². The average molecular weight is 317 g/mol. The minimum Gasteiger partial charge on any atom is -0.378 e. The summed E-state index contributed by atoms with van der Waals surface area (Å²) >= 11 is 0. The van der Waals surface area contributed by atoms with Gasteiger partial charge in [0.2, 0.25) is 0 Å². The molecule has 5 heteroatoms. The molecule has 2 atom stereocenters. The van der Waals surface area contributed by atoms with Crippen LogP contribution in [-0.4, -0.2) is 65.6 Å². The molecule has 3 heterocycles. The number of amides is 1. The standard InChI is InChI=1S/C18H27N3O2/c1-13(2)21-12-16(23-3)17(21)14-6-9-20(10-7-14)18(22)15-5-4-8-19-11-15/h4-5,8,11,13-14,16-17H,6-7,9-10,12H2,1-3H3/t16-,17-/m0/s1. The summed E-state index contributed by atoms with van der Waals surface area (Å²) in [6.45, 7) is 7.20. The third-order valence-electron chi connectivity index (χ3n) is 5.34. The monoisotopic (exact) mass is 317 g/mol. The smallest absolute Gasteiger partial charge is 0.255 e. The summed E-state index contributed by atoms with van der Waals surface area (Å²) in [4.78, 5) is 21.1. The van der Waals surface area contributed by atoms with Gasteiger partial charge in [0.25, 0.3) is 5.91 Å². The Hall–Kier alpha value is -1.46. The molecule has 1 aromatic heterocycles. The van der Waals surface area contributed by atoms with Gasteiger partial charge in [0.05, 0.1) is 11.7 Å². The molecule has 0 N–H and O–H groups in total. The fourth-order valence-electron chi connectivity index (χ4n) is 3.97. The van der Waals surface area contributed by atoms with Gasteiger partial charge in [-0.05, 0) is 44.7 Å². The number of hydrogen-bond donors (Lipinski definition) is 0. The van der Waals surface area contributed by atoms with E-state index in [1.54, 1.807) is 12.4 Å². The van der Waals surface area contributed by atoms with Crippen LogP contribution in [0.25, 0.3) is 0 Å². The molecule has 126 valence electrons. The van der Waals surface area contributed by atoms with E-state index in [1.165, 1.54) is 0 Å². The van der Waals surface area contributed by atoms with Crippen LogP contribution in [0.5, 0.6) is 0 Å². The molecule has 0 saturated carbocycles. The van der Waals surface area contributed by atoms with Crippen molar-refractivity contribution >= 4 is 5.91 Å². The van der Waals surface area contributed by atoms with Crippen LogP contribution in [0, 0.1) is 5.92 Å². The second kappa shape index (κ2) is 6.97. The van der Waals surface area contributed by atoms with Crippen molar-refractivity contribution in [3.63, 3.8) is 0 Å². The number of piperidine rings is 1. The molecule has 1 aromatic rings. The van der Waals surface area contributed by atoms with Crippen LogP contribution in [0.3, 0.4) is 0 Å². The van der Waals surface area contributed by atoms with Gasteiger partial charge in [-0.2, -0.15) is 0 Å². The first-order valence-corrected chi connectivity index (χ1v) is 8.59. The molecule has 2 aliphatic rings. The largest absolute Gasteiger partial charge is 0.378 e. The summed E-state index contributed by atoms with van der Waals surface area (Å²) in [6.07, 6.45) is 5.81. The van der Waals surface area contributed by atoms with Crippen LogP contribution in [0.15, 0.2) is 24.5 Å². The van der Waals surface area contributed by atoms with Crippen molar-refractivity contribution in [1.82, 2.24) is 14.8 Å². The number of nitrogens with zero attached hydrogens (tertiary/aromatic N) is 3. The minimum absolute atomic E-state index is 0.106. The number of likely N-dealkylation sites (tertiary alicyclic amines) is 2. The Balaban J connectivity index is 1.59. The molecule has 3 rings (SSSR count). The fraction of sp³-hybridized carbons (Fsp3) is 0.667. The molecule has 0 aliphatic carbocycles. The maximum Gasteiger partial charge on any atom is 0.255 e. The zero-order valence-corrected chi connectivity index (χ0v) is 14.3. The maximum absolute atomic E-state index is 12.5. The number of carbonyl (C=O) groups excluding carboxylic acids is 1. The molecule has 0 bridgehead atoms. The van der Waals surface area contributed by atoms with Crippen molar-refractivity contribution in [2.75, 3.05) is 26.7 Å². The Kier molecular flexibility index (Phi) is 4.97. The molecule has 2 fully saturated rings. The molecular formula is C18H27N3O2. The molecule has 0 unspecified atom stereocenters. The van der Waals surface area contributed by atoms with E-state index < -0.39 is 0 Å². The van der Waals surface area contributed by atoms with Crippen LogP contribution in [0.2, 0.25) is 0 Å². The lowest BCUT2D eigenvalue weighted by Crippen LogP contribution is -2.66. The lowest BCUT2D eigenvalue weighted by atomic mass is 9.79. The summed E-state index contributed by atoms with van der Waals surface area (Å²) in [6, 6.07) is 4.73. The molecule has 0 aromatic carbocycles. The number of carbonyl (C=O) groups is 1. The average Bonchev–Trinajstić information content (AvgIpc) is 2.55. The van der Waals surface area contributed by atoms with E-state index in [0.717, 1.165) is 32.5 Å². The third kappa shape index (κ3) is 3.26. The molecule has 0 radical (unpaired) electrons. The quantitative estimate of drug-likeness (QED) is 0.852. The van der Waals surface area contributed by atoms with Gasteiger partial charge in [-0.3, -0.25) is 14.7 Å². The summed E-state index contributed by atoms with van der Waals surface area (Å²) in [5, 5.41) is 0. The number of ether oxygens (including phenoxy) is 1. The normalized spacial score (nSPS) is 26.3. The van der Waals surface area contributed by atoms with Crippen molar-refractivity contribution in [3.05, 3.63) is 30.1 Å². The number of aromatic nitrogens is 1. The second-order valence-electron chi connectivity index (χ2n) is 6.93. The SMILES string of the molecule is CO[C@H]1CN(C(C)C)[C@H]1C1CCN(C(=O)c2cccnc2)CC1. The summed E-state index contributed by atoms with van der Waals surface area (Å²) in [5.74, 6) is 0.725. The van der Waals surface area contributed by atoms with Gasteiger partial charge in [-0.15, -0.1) is 0 Å². The van der Waals surface area contributed by atoms with E-state index in [9.17, 15) is 4.79 Å². The van der Waals surface area contributed by atoms with Crippen molar-refractivity contribution in [2.45, 2.75) is 44.9 Å². The Morgan fingerprint density at radius 2 is 2.09 bits per heavy atom. The van der Waals surface area contributed by atoms with Gasteiger partial charge in [-0.1, -0.05) is 0 Å². The van der Waals surface area contributed by atoms with Gasteiger partial charge in [0, 0.05) is 51.2 Å². The van der Waals surface area contributed by atoms with Crippen LogP contribution in [0.4, 0.5) is 0 Å². The van der Waals surface area contributed by atoms with Crippen LogP contribution < -0.4 is 0 Å². The van der Waals surface area contributed by atoms with E-state index in [4.69, 9.17) is 4.74 Å². The highest BCUT2D eigenvalue weighted by molar-refractivity contribution is 5.93. The second-order valence-corrected chi connectivity index (χ2v) is 6.93. The Morgan fingerprint density at radius 3 is 2.65 bits per heavy atom. The first-order valence-electron chi connectivity index (χ1n) is 8.59. The Labute approximate surface area is 138 Å². The van der Waals surface area contributed by atoms with Crippen LogP contribution >= 0.6 is 0 Å². The van der Waals surface area contributed by atoms with Gasteiger partial charge in [0.15, 0.2) is 0 Å². The first kappa shape index (κ1) is 16.4. The summed E-state index contributed by atoms with van der Waals surface area (Å²) < 4.78 is 5.65. The highest BCUT2D eigenvalue weighted by Crippen LogP contribution is 2.35. The molecule has 2 aliphatic heterocycles. The van der Waals surface area contributed by atoms with E-state index >= 15 is 0 Å². The fourth-order valence-corrected chi connectivity index (χ4v) is 3.97. The van der Waals surface area contributed by atoms with Crippen molar-refractivity contribution in [1.29, 1.82) is 0 Å². The van der Waals surface area contributed by atoms with Crippen molar-refractivity contribution < 1.29 is 9.53 Å². The summed E-state index contributed by atoms with van der Waals surface area (Å²) in [7, 11) is 1.82. The lowest BCUT2D eigenvalue weighted by molar-refractivity contribution is -0.128. The topological polar surface area (TPSA) is 45.7 Å². The van der Waals surface area contributed by atoms with Gasteiger partial charge in [0.1, 0.15) is 0 Å². The molecule has 5 nitrogen and oxygen atoms in total. The Bertz CT molecular complexity index is 526.